The molecule has 0 spiro atoms. The number of hydrogen-bond donors (Lipinski definition) is 2. The number of carbonyl (C=O) groups is 2. The molecule has 4 aromatic rings. The minimum Gasteiger partial charge on any atom is -0.495 e. The van der Waals surface area contributed by atoms with Gasteiger partial charge in [0.25, 0.3) is 11.8 Å². The molecular formula is C24H18N6O3. The van der Waals surface area contributed by atoms with Crippen LogP contribution in [0.1, 0.15) is 37.7 Å². The molecule has 2 N–H and O–H groups in total. The summed E-state index contributed by atoms with van der Waals surface area (Å²) in [6.07, 6.45) is 1.62. The third-order valence-corrected chi connectivity index (χ3v) is 5.61. The minimum absolute atomic E-state index is 0.140. The van der Waals surface area contributed by atoms with E-state index in [-0.39, 0.29) is 18.1 Å². The zero-order valence-electron chi connectivity index (χ0n) is 17.6. The lowest BCUT2D eigenvalue weighted by atomic mass is 10.1. The molecule has 0 fully saturated rings. The summed E-state index contributed by atoms with van der Waals surface area (Å²) in [7, 11) is 1.46. The number of nitrogens with one attached hydrogen (secondary N) is 2. The van der Waals surface area contributed by atoms with Gasteiger partial charge in [0.15, 0.2) is 5.69 Å². The number of carbonyl (C=O) groups excluding carboxylic acids is 2. The van der Waals surface area contributed by atoms with E-state index in [4.69, 9.17) is 10.00 Å². The number of methoxy groups -OCH3 is 1. The predicted molar refractivity (Wildman–Crippen MR) is 120 cm³/mol. The molecule has 162 valence electrons. The third kappa shape index (κ3) is 3.53. The summed E-state index contributed by atoms with van der Waals surface area (Å²) >= 11 is 0. The maximum atomic E-state index is 13.3. The SMILES string of the molecule is COc1cc(C#N)ccc1NC(=O)c1n[nH]c2c1CN(C(=O)c1ccnc3ccccc13)C2. The smallest absolute Gasteiger partial charge is 0.276 e. The summed E-state index contributed by atoms with van der Waals surface area (Å²) in [4.78, 5) is 32.2. The maximum absolute atomic E-state index is 13.3. The summed E-state index contributed by atoms with van der Waals surface area (Å²) in [6, 6.07) is 16.0. The standard InChI is InChI=1S/C24H18N6O3/c1-33-21-10-14(11-25)6-7-19(21)27-23(31)22-17-12-30(13-20(17)28-29-22)24(32)16-8-9-26-18-5-3-2-4-15(16)18/h2-10H,12-13H2,1H3,(H,27,31)(H,28,29). The Labute approximate surface area is 188 Å². The number of anilines is 1. The highest BCUT2D eigenvalue weighted by Gasteiger charge is 2.31. The Hall–Kier alpha value is -4.71. The van der Waals surface area contributed by atoms with Crippen molar-refractivity contribution in [3.8, 4) is 11.8 Å². The van der Waals surface area contributed by atoms with Gasteiger partial charge in [-0.25, -0.2) is 0 Å². The van der Waals surface area contributed by atoms with E-state index >= 15 is 0 Å². The molecule has 0 atom stereocenters. The van der Waals surface area contributed by atoms with Crippen LogP contribution in [-0.4, -0.2) is 39.0 Å². The Morgan fingerprint density at radius 3 is 2.85 bits per heavy atom. The second-order valence-corrected chi connectivity index (χ2v) is 7.55. The van der Waals surface area contributed by atoms with Crippen molar-refractivity contribution in [3.63, 3.8) is 0 Å². The fourth-order valence-electron chi connectivity index (χ4n) is 3.97. The molecule has 0 bridgehead atoms. The van der Waals surface area contributed by atoms with Crippen LogP contribution in [0.5, 0.6) is 5.75 Å². The quantitative estimate of drug-likeness (QED) is 0.504. The van der Waals surface area contributed by atoms with Crippen LogP contribution in [-0.2, 0) is 13.1 Å². The molecule has 0 radical (unpaired) electrons. The van der Waals surface area contributed by atoms with Crippen LogP contribution in [0, 0.1) is 11.3 Å². The molecule has 0 aliphatic carbocycles. The van der Waals surface area contributed by atoms with Gasteiger partial charge in [-0.1, -0.05) is 18.2 Å². The Morgan fingerprint density at radius 1 is 1.18 bits per heavy atom. The average molecular weight is 438 g/mol. The lowest BCUT2D eigenvalue weighted by molar-refractivity contribution is 0.0749. The van der Waals surface area contributed by atoms with Gasteiger partial charge in [-0.2, -0.15) is 10.4 Å². The fraction of sp³-hybridized carbons (Fsp3) is 0.125. The van der Waals surface area contributed by atoms with Crippen molar-refractivity contribution in [2.75, 3.05) is 12.4 Å². The molecule has 5 rings (SSSR count). The number of hydrogen-bond acceptors (Lipinski definition) is 6. The number of aromatic nitrogens is 3. The Kier molecular flexibility index (Phi) is 4.95. The summed E-state index contributed by atoms with van der Waals surface area (Å²) in [5.74, 6) is -0.201. The van der Waals surface area contributed by atoms with E-state index < -0.39 is 5.91 Å². The second-order valence-electron chi connectivity index (χ2n) is 7.55. The van der Waals surface area contributed by atoms with E-state index in [0.717, 1.165) is 16.6 Å². The molecule has 9 heteroatoms. The zero-order valence-corrected chi connectivity index (χ0v) is 17.6. The first-order chi connectivity index (χ1) is 16.1. The number of rotatable bonds is 4. The molecule has 2 aromatic heterocycles. The third-order valence-electron chi connectivity index (χ3n) is 5.61. The summed E-state index contributed by atoms with van der Waals surface area (Å²) in [5.41, 5.74) is 3.76. The molecule has 0 unspecified atom stereocenters. The van der Waals surface area contributed by atoms with Crippen LogP contribution in [0.3, 0.4) is 0 Å². The van der Waals surface area contributed by atoms with Gasteiger partial charge in [0.05, 0.1) is 54.3 Å². The molecule has 9 nitrogen and oxygen atoms in total. The molecule has 3 heterocycles. The number of nitrogens with zero attached hydrogens (tertiary/aromatic N) is 4. The minimum atomic E-state index is -0.431. The van der Waals surface area contributed by atoms with Gasteiger partial charge in [-0.15, -0.1) is 0 Å². The van der Waals surface area contributed by atoms with Crippen LogP contribution in [0.4, 0.5) is 5.69 Å². The zero-order chi connectivity index (χ0) is 22.9. The Bertz CT molecular complexity index is 1450. The van der Waals surface area contributed by atoms with Gasteiger partial charge in [0, 0.05) is 23.2 Å². The van der Waals surface area contributed by atoms with Gasteiger partial charge >= 0.3 is 0 Å². The predicted octanol–water partition coefficient (Wildman–Crippen LogP) is 3.25. The van der Waals surface area contributed by atoms with Gasteiger partial charge in [-0.3, -0.25) is 19.7 Å². The average Bonchev–Trinajstić information content (AvgIpc) is 3.44. The van der Waals surface area contributed by atoms with Gasteiger partial charge in [-0.05, 0) is 24.3 Å². The van der Waals surface area contributed by atoms with E-state index in [0.29, 0.717) is 34.7 Å². The van der Waals surface area contributed by atoms with Crippen LogP contribution in [0.15, 0.2) is 54.7 Å². The number of pyridine rings is 1. The van der Waals surface area contributed by atoms with Crippen LogP contribution < -0.4 is 10.1 Å². The summed E-state index contributed by atoms with van der Waals surface area (Å²) in [5, 5.41) is 19.7. The van der Waals surface area contributed by atoms with Gasteiger partial charge in [0.1, 0.15) is 5.75 Å². The van der Waals surface area contributed by atoms with Crippen molar-refractivity contribution in [3.05, 3.63) is 82.8 Å². The number of nitriles is 1. The van der Waals surface area contributed by atoms with Crippen LogP contribution in [0.25, 0.3) is 10.9 Å². The van der Waals surface area contributed by atoms with Crippen molar-refractivity contribution in [1.82, 2.24) is 20.1 Å². The highest BCUT2D eigenvalue weighted by Crippen LogP contribution is 2.29. The molecular weight excluding hydrogens is 420 g/mol. The molecule has 0 saturated heterocycles. The largest absolute Gasteiger partial charge is 0.495 e. The first kappa shape index (κ1) is 20.2. The number of fused-ring (bicyclic) bond motifs is 2. The van der Waals surface area contributed by atoms with Crippen LogP contribution in [0.2, 0.25) is 0 Å². The lowest BCUT2D eigenvalue weighted by Gasteiger charge is -2.17. The monoisotopic (exact) mass is 438 g/mol. The summed E-state index contributed by atoms with van der Waals surface area (Å²) in [6.45, 7) is 0.583. The highest BCUT2D eigenvalue weighted by molar-refractivity contribution is 6.07. The molecule has 33 heavy (non-hydrogen) atoms. The van der Waals surface area contributed by atoms with Crippen molar-refractivity contribution >= 4 is 28.4 Å². The maximum Gasteiger partial charge on any atom is 0.276 e. The van der Waals surface area contributed by atoms with Crippen molar-refractivity contribution in [2.45, 2.75) is 13.1 Å². The van der Waals surface area contributed by atoms with E-state index in [1.165, 1.54) is 7.11 Å². The highest BCUT2D eigenvalue weighted by atomic mass is 16.5. The Balaban J connectivity index is 1.38. The van der Waals surface area contributed by atoms with Crippen molar-refractivity contribution in [2.24, 2.45) is 0 Å². The van der Waals surface area contributed by atoms with Crippen molar-refractivity contribution in [1.29, 1.82) is 5.26 Å². The van der Waals surface area contributed by atoms with E-state index in [2.05, 4.69) is 20.5 Å². The number of aromatic amines is 1. The topological polar surface area (TPSA) is 124 Å². The van der Waals surface area contributed by atoms with Crippen molar-refractivity contribution < 1.29 is 14.3 Å². The number of ether oxygens (including phenoxy) is 1. The van der Waals surface area contributed by atoms with Crippen LogP contribution >= 0.6 is 0 Å². The van der Waals surface area contributed by atoms with E-state index in [1.807, 2.05) is 30.3 Å². The Morgan fingerprint density at radius 2 is 2.03 bits per heavy atom. The number of para-hydroxylation sites is 1. The molecule has 1 aliphatic heterocycles. The summed E-state index contributed by atoms with van der Waals surface area (Å²) < 4.78 is 5.28. The number of amides is 2. The van der Waals surface area contributed by atoms with Gasteiger partial charge < -0.3 is 15.0 Å². The molecule has 0 saturated carbocycles. The molecule has 2 aromatic carbocycles. The normalized spacial score (nSPS) is 12.3. The first-order valence-corrected chi connectivity index (χ1v) is 10.2. The number of benzene rings is 2. The lowest BCUT2D eigenvalue weighted by Crippen LogP contribution is -2.26. The molecule has 1 aliphatic rings. The second kappa shape index (κ2) is 8.09. The van der Waals surface area contributed by atoms with E-state index in [9.17, 15) is 9.59 Å². The number of H-pyrrole nitrogens is 1. The fourth-order valence-corrected chi connectivity index (χ4v) is 3.97. The van der Waals surface area contributed by atoms with E-state index in [1.54, 1.807) is 35.4 Å². The van der Waals surface area contributed by atoms with Gasteiger partial charge in [0.2, 0.25) is 0 Å². The first-order valence-electron chi connectivity index (χ1n) is 10.2. The molecule has 2 amide bonds.